The third-order valence-corrected chi connectivity index (χ3v) is 6.60. The van der Waals surface area contributed by atoms with Gasteiger partial charge in [0, 0.05) is 17.5 Å². The Kier molecular flexibility index (Phi) is 4.17. The zero-order valence-electron chi connectivity index (χ0n) is 12.8. The molecule has 0 spiro atoms. The van der Waals surface area contributed by atoms with Gasteiger partial charge < -0.3 is 9.84 Å². The highest BCUT2D eigenvalue weighted by atomic mass is 32.2. The Morgan fingerprint density at radius 1 is 1.46 bits per heavy atom. The Balaban J connectivity index is 1.48. The average molecular weight is 370 g/mol. The fourth-order valence-electron chi connectivity index (χ4n) is 2.80. The summed E-state index contributed by atoms with van der Waals surface area (Å²) in [6, 6.07) is 0.812. The van der Waals surface area contributed by atoms with E-state index < -0.39 is 28.3 Å². The molecule has 4 rings (SSSR count). The van der Waals surface area contributed by atoms with E-state index in [2.05, 4.69) is 15.0 Å². The summed E-state index contributed by atoms with van der Waals surface area (Å²) < 4.78 is 34.6. The van der Waals surface area contributed by atoms with E-state index in [-0.39, 0.29) is 11.5 Å². The third-order valence-electron chi connectivity index (χ3n) is 4.31. The molecule has 2 N–H and O–H groups in total. The first-order valence-electron chi connectivity index (χ1n) is 7.77. The maximum atomic E-state index is 12.4. The van der Waals surface area contributed by atoms with Crippen LogP contribution in [0.5, 0.6) is 0 Å². The SMILES string of the molecule is O=S(=O)(N[C@@H]1[C@@H](O)CO[C@@H]1Cn1cc(C2CC2)nn1)c1ccsc1. The van der Waals surface area contributed by atoms with E-state index in [1.165, 1.54) is 17.4 Å². The lowest BCUT2D eigenvalue weighted by atomic mass is 10.1. The molecule has 0 radical (unpaired) electrons. The van der Waals surface area contributed by atoms with Crippen LogP contribution in [-0.4, -0.2) is 53.4 Å². The van der Waals surface area contributed by atoms with Crippen molar-refractivity contribution in [2.75, 3.05) is 6.61 Å². The minimum atomic E-state index is -3.68. The molecule has 0 amide bonds. The predicted octanol–water partition coefficient (Wildman–Crippen LogP) is 0.324. The van der Waals surface area contributed by atoms with E-state index in [1.807, 2.05) is 6.20 Å². The molecule has 2 aromatic rings. The van der Waals surface area contributed by atoms with E-state index >= 15 is 0 Å². The summed E-state index contributed by atoms with van der Waals surface area (Å²) in [6.07, 6.45) is 2.76. The van der Waals surface area contributed by atoms with Crippen LogP contribution in [0.4, 0.5) is 0 Å². The van der Waals surface area contributed by atoms with Crippen molar-refractivity contribution in [3.05, 3.63) is 28.7 Å². The lowest BCUT2D eigenvalue weighted by Gasteiger charge is -2.21. The second-order valence-electron chi connectivity index (χ2n) is 6.18. The van der Waals surface area contributed by atoms with Gasteiger partial charge in [0.15, 0.2) is 0 Å². The van der Waals surface area contributed by atoms with Crippen LogP contribution in [0.15, 0.2) is 27.9 Å². The minimum absolute atomic E-state index is 0.0890. The van der Waals surface area contributed by atoms with Gasteiger partial charge >= 0.3 is 0 Å². The van der Waals surface area contributed by atoms with Crippen LogP contribution < -0.4 is 4.72 Å². The fraction of sp³-hybridized carbons (Fsp3) is 0.571. The Bertz CT molecular complexity index is 801. The van der Waals surface area contributed by atoms with Crippen molar-refractivity contribution in [3.8, 4) is 0 Å². The molecule has 1 saturated heterocycles. The summed E-state index contributed by atoms with van der Waals surface area (Å²) in [4.78, 5) is 0.196. The van der Waals surface area contributed by atoms with E-state index in [4.69, 9.17) is 4.74 Å². The van der Waals surface area contributed by atoms with Gasteiger partial charge in [0.25, 0.3) is 0 Å². The van der Waals surface area contributed by atoms with Crippen molar-refractivity contribution in [1.29, 1.82) is 0 Å². The highest BCUT2D eigenvalue weighted by Crippen LogP contribution is 2.38. The van der Waals surface area contributed by atoms with E-state index in [1.54, 1.807) is 15.4 Å². The molecule has 24 heavy (non-hydrogen) atoms. The van der Waals surface area contributed by atoms with Gasteiger partial charge in [-0.3, -0.25) is 0 Å². The van der Waals surface area contributed by atoms with Crippen molar-refractivity contribution in [2.24, 2.45) is 0 Å². The van der Waals surface area contributed by atoms with Crippen molar-refractivity contribution in [3.63, 3.8) is 0 Å². The summed E-state index contributed by atoms with van der Waals surface area (Å²) in [5.41, 5.74) is 0.962. The average Bonchev–Trinajstić information content (AvgIpc) is 2.97. The molecule has 2 aliphatic rings. The molecule has 8 nitrogen and oxygen atoms in total. The van der Waals surface area contributed by atoms with E-state index in [0.29, 0.717) is 12.5 Å². The number of nitrogens with one attached hydrogen (secondary N) is 1. The van der Waals surface area contributed by atoms with Crippen LogP contribution >= 0.6 is 11.3 Å². The lowest BCUT2D eigenvalue weighted by molar-refractivity contribution is 0.0753. The number of sulfonamides is 1. The zero-order valence-corrected chi connectivity index (χ0v) is 14.4. The van der Waals surface area contributed by atoms with Crippen molar-refractivity contribution in [2.45, 2.75) is 48.4 Å². The Hall–Kier alpha value is -1.33. The summed E-state index contributed by atoms with van der Waals surface area (Å²) in [5, 5.41) is 21.6. The molecule has 130 valence electrons. The Morgan fingerprint density at radius 3 is 3.00 bits per heavy atom. The second kappa shape index (κ2) is 6.19. The molecule has 0 aromatic carbocycles. The first-order chi connectivity index (χ1) is 11.5. The third kappa shape index (κ3) is 3.24. The van der Waals surface area contributed by atoms with Gasteiger partial charge in [0.2, 0.25) is 10.0 Å². The van der Waals surface area contributed by atoms with Crippen LogP contribution in [0.25, 0.3) is 0 Å². The maximum Gasteiger partial charge on any atom is 0.241 e. The molecule has 1 aliphatic heterocycles. The number of aliphatic hydroxyl groups is 1. The second-order valence-corrected chi connectivity index (χ2v) is 8.68. The number of aromatic nitrogens is 3. The number of hydrogen-bond acceptors (Lipinski definition) is 7. The molecule has 3 atom stereocenters. The van der Waals surface area contributed by atoms with E-state index in [9.17, 15) is 13.5 Å². The summed E-state index contributed by atoms with van der Waals surface area (Å²) in [7, 11) is -3.68. The van der Waals surface area contributed by atoms with Gasteiger partial charge in [-0.15, -0.1) is 5.10 Å². The molecule has 0 bridgehead atoms. The number of nitrogens with zero attached hydrogens (tertiary/aromatic N) is 3. The van der Waals surface area contributed by atoms with E-state index in [0.717, 1.165) is 18.5 Å². The molecule has 0 unspecified atom stereocenters. The summed E-state index contributed by atoms with van der Waals surface area (Å²) in [5.74, 6) is 0.502. The Labute approximate surface area is 143 Å². The number of aliphatic hydroxyl groups excluding tert-OH is 1. The monoisotopic (exact) mass is 370 g/mol. The van der Waals surface area contributed by atoms with Crippen LogP contribution in [-0.2, 0) is 21.3 Å². The molecular formula is C14H18N4O4S2. The highest BCUT2D eigenvalue weighted by Gasteiger charge is 2.39. The number of ether oxygens (including phenoxy) is 1. The normalized spacial score (nSPS) is 27.6. The largest absolute Gasteiger partial charge is 0.389 e. The molecular weight excluding hydrogens is 352 g/mol. The first-order valence-corrected chi connectivity index (χ1v) is 10.2. The molecule has 1 aliphatic carbocycles. The van der Waals surface area contributed by atoms with Gasteiger partial charge in [-0.1, -0.05) is 5.21 Å². The summed E-state index contributed by atoms with van der Waals surface area (Å²) >= 11 is 1.30. The standard InChI is InChI=1S/C14H18N4O4S2/c19-12-7-22-13(6-18-5-11(15-17-18)9-1-2-9)14(12)16-24(20,21)10-3-4-23-8-10/h3-5,8-9,12-14,16,19H,1-2,6-7H2/t12-,13+,14+/m0/s1. The zero-order chi connectivity index (χ0) is 16.7. The van der Waals surface area contributed by atoms with Gasteiger partial charge in [-0.2, -0.15) is 11.3 Å². The number of rotatable bonds is 6. The maximum absolute atomic E-state index is 12.4. The van der Waals surface area contributed by atoms with Gasteiger partial charge in [-0.05, 0) is 24.3 Å². The molecule has 1 saturated carbocycles. The molecule has 3 heterocycles. The quantitative estimate of drug-likeness (QED) is 0.759. The number of hydrogen-bond donors (Lipinski definition) is 2. The van der Waals surface area contributed by atoms with Gasteiger partial charge in [0.05, 0.1) is 42.0 Å². The molecule has 10 heteroatoms. The fourth-order valence-corrected chi connectivity index (χ4v) is 5.13. The molecule has 2 fully saturated rings. The van der Waals surface area contributed by atoms with Gasteiger partial charge in [0.1, 0.15) is 0 Å². The highest BCUT2D eigenvalue weighted by molar-refractivity contribution is 7.89. The van der Waals surface area contributed by atoms with Crippen molar-refractivity contribution in [1.82, 2.24) is 19.7 Å². The predicted molar refractivity (Wildman–Crippen MR) is 86.2 cm³/mol. The van der Waals surface area contributed by atoms with Crippen molar-refractivity contribution < 1.29 is 18.3 Å². The molecule has 2 aromatic heterocycles. The van der Waals surface area contributed by atoms with Crippen molar-refractivity contribution >= 4 is 21.4 Å². The Morgan fingerprint density at radius 2 is 2.29 bits per heavy atom. The first kappa shape index (κ1) is 16.2. The van der Waals surface area contributed by atoms with Crippen LogP contribution in [0.3, 0.4) is 0 Å². The number of thiophene rings is 1. The van der Waals surface area contributed by atoms with Crippen LogP contribution in [0, 0.1) is 0 Å². The lowest BCUT2D eigenvalue weighted by Crippen LogP contribution is -2.47. The van der Waals surface area contributed by atoms with Crippen LogP contribution in [0.2, 0.25) is 0 Å². The topological polar surface area (TPSA) is 106 Å². The smallest absolute Gasteiger partial charge is 0.241 e. The van der Waals surface area contributed by atoms with Gasteiger partial charge in [-0.25, -0.2) is 17.8 Å². The minimum Gasteiger partial charge on any atom is -0.389 e. The van der Waals surface area contributed by atoms with Crippen LogP contribution in [0.1, 0.15) is 24.5 Å². The summed E-state index contributed by atoms with van der Waals surface area (Å²) in [6.45, 7) is 0.430.